The van der Waals surface area contributed by atoms with Gasteiger partial charge in [-0.2, -0.15) is 13.2 Å². The maximum absolute atomic E-state index is 13.0. The van der Waals surface area contributed by atoms with Crippen molar-refractivity contribution in [2.24, 2.45) is 0 Å². The third-order valence-electron chi connectivity index (χ3n) is 4.54. The molecule has 4 rings (SSSR count). The lowest BCUT2D eigenvalue weighted by Crippen LogP contribution is -2.39. The molecule has 0 radical (unpaired) electrons. The van der Waals surface area contributed by atoms with E-state index in [1.165, 1.54) is 0 Å². The third kappa shape index (κ3) is 3.47. The Kier molecular flexibility index (Phi) is 4.71. The van der Waals surface area contributed by atoms with E-state index in [1.54, 1.807) is 21.6 Å². The normalized spacial score (nSPS) is 18.2. The van der Waals surface area contributed by atoms with Gasteiger partial charge in [-0.1, -0.05) is 6.07 Å². The number of hydrogen-bond acceptors (Lipinski definition) is 4. The van der Waals surface area contributed by atoms with Crippen molar-refractivity contribution < 1.29 is 18.0 Å². The van der Waals surface area contributed by atoms with Gasteiger partial charge in [0, 0.05) is 30.6 Å². The number of pyridine rings is 1. The maximum atomic E-state index is 13.0. The van der Waals surface area contributed by atoms with Gasteiger partial charge in [0.25, 0.3) is 5.91 Å². The van der Waals surface area contributed by atoms with Crippen LogP contribution in [-0.4, -0.2) is 38.3 Å². The molecule has 3 aromatic rings. The molecule has 0 saturated carbocycles. The van der Waals surface area contributed by atoms with E-state index < -0.39 is 11.9 Å². The van der Waals surface area contributed by atoms with Crippen LogP contribution in [0.4, 0.5) is 13.2 Å². The molecule has 5 nitrogen and oxygen atoms in total. The second kappa shape index (κ2) is 6.90. The molecule has 0 bridgehead atoms. The number of imidazole rings is 1. The molecule has 0 N–H and O–H groups in total. The Bertz CT molecular complexity index is 1000. The van der Waals surface area contributed by atoms with Crippen LogP contribution < -0.4 is 0 Å². The molecule has 1 aliphatic rings. The molecule has 4 heterocycles. The van der Waals surface area contributed by atoms with Crippen molar-refractivity contribution in [3.63, 3.8) is 0 Å². The predicted molar refractivity (Wildman–Crippen MR) is 97.9 cm³/mol. The second-order valence-electron chi connectivity index (χ2n) is 6.34. The number of carbonyl (C=O) groups is 1. The van der Waals surface area contributed by atoms with E-state index in [4.69, 9.17) is 0 Å². The molecule has 142 valence electrons. The number of nitrogens with zero attached hydrogens (tertiary/aromatic N) is 4. The van der Waals surface area contributed by atoms with Crippen LogP contribution in [0.15, 0.2) is 34.4 Å². The molecule has 1 atom stereocenters. The zero-order chi connectivity index (χ0) is 19.2. The van der Waals surface area contributed by atoms with Crippen molar-refractivity contribution in [1.82, 2.24) is 19.3 Å². The molecule has 0 aliphatic carbocycles. The number of fused-ring (bicyclic) bond motifs is 1. The van der Waals surface area contributed by atoms with Crippen molar-refractivity contribution >= 4 is 38.8 Å². The summed E-state index contributed by atoms with van der Waals surface area (Å²) in [4.78, 5) is 22.7. The molecule has 1 unspecified atom stereocenters. The van der Waals surface area contributed by atoms with Gasteiger partial charge in [-0.05, 0) is 40.9 Å². The van der Waals surface area contributed by atoms with Gasteiger partial charge in [0.05, 0.1) is 5.01 Å². The predicted octanol–water partition coefficient (Wildman–Crippen LogP) is 4.59. The van der Waals surface area contributed by atoms with Crippen LogP contribution in [0.3, 0.4) is 0 Å². The topological polar surface area (TPSA) is 50.5 Å². The van der Waals surface area contributed by atoms with E-state index in [2.05, 4.69) is 25.9 Å². The molecule has 0 aromatic carbocycles. The van der Waals surface area contributed by atoms with Gasteiger partial charge in [0.1, 0.15) is 10.3 Å². The highest BCUT2D eigenvalue weighted by Crippen LogP contribution is 2.35. The highest BCUT2D eigenvalue weighted by atomic mass is 79.9. The smallest absolute Gasteiger partial charge is 0.337 e. The number of alkyl halides is 3. The SMILES string of the molecule is O=C(c1nc2ccccn2c1Br)N1CCCC(c2nc(C(F)(F)F)cs2)C1. The van der Waals surface area contributed by atoms with E-state index in [-0.39, 0.29) is 11.8 Å². The monoisotopic (exact) mass is 458 g/mol. The standard InChI is InChI=1S/C17H14BrF3N4OS/c18-14-13(23-12-5-1-2-7-25(12)14)16(26)24-6-3-4-10(8-24)15-22-11(9-27-15)17(19,20)21/h1-2,5,7,9-10H,3-4,6,8H2. The zero-order valence-electron chi connectivity index (χ0n) is 13.9. The van der Waals surface area contributed by atoms with Crippen molar-refractivity contribution in [1.29, 1.82) is 0 Å². The molecule has 3 aromatic heterocycles. The van der Waals surface area contributed by atoms with E-state index in [0.29, 0.717) is 46.9 Å². The Morgan fingerprint density at radius 2 is 2.11 bits per heavy atom. The Hall–Kier alpha value is -1.94. The molecule has 1 saturated heterocycles. The third-order valence-corrected chi connectivity index (χ3v) is 6.31. The number of likely N-dealkylation sites (tertiary alicyclic amines) is 1. The lowest BCUT2D eigenvalue weighted by Gasteiger charge is -2.31. The largest absolute Gasteiger partial charge is 0.434 e. The lowest BCUT2D eigenvalue weighted by molar-refractivity contribution is -0.140. The average Bonchev–Trinajstić information content (AvgIpc) is 3.27. The number of thiazole rings is 1. The quantitative estimate of drug-likeness (QED) is 0.564. The molecule has 0 spiro atoms. The van der Waals surface area contributed by atoms with Gasteiger partial charge in [-0.3, -0.25) is 9.20 Å². The number of carbonyl (C=O) groups excluding carboxylic acids is 1. The Morgan fingerprint density at radius 1 is 1.30 bits per heavy atom. The molecule has 10 heteroatoms. The number of piperidine rings is 1. The molecular formula is C17H14BrF3N4OS. The van der Waals surface area contributed by atoms with Gasteiger partial charge in [-0.15, -0.1) is 11.3 Å². The van der Waals surface area contributed by atoms with Crippen molar-refractivity contribution in [2.75, 3.05) is 13.1 Å². The number of rotatable bonds is 2. The van der Waals surface area contributed by atoms with Crippen LogP contribution in [0.2, 0.25) is 0 Å². The maximum Gasteiger partial charge on any atom is 0.434 e. The van der Waals surface area contributed by atoms with E-state index in [9.17, 15) is 18.0 Å². The van der Waals surface area contributed by atoms with Gasteiger partial charge in [0.2, 0.25) is 0 Å². The summed E-state index contributed by atoms with van der Waals surface area (Å²) in [5.74, 6) is -0.428. The summed E-state index contributed by atoms with van der Waals surface area (Å²) in [7, 11) is 0. The molecule has 1 aliphatic heterocycles. The van der Waals surface area contributed by atoms with Crippen LogP contribution in [0.5, 0.6) is 0 Å². The fraction of sp³-hybridized carbons (Fsp3) is 0.353. The van der Waals surface area contributed by atoms with Gasteiger partial charge >= 0.3 is 6.18 Å². The fourth-order valence-electron chi connectivity index (χ4n) is 3.22. The van der Waals surface area contributed by atoms with E-state index >= 15 is 0 Å². The van der Waals surface area contributed by atoms with Crippen LogP contribution >= 0.6 is 27.3 Å². The van der Waals surface area contributed by atoms with Crippen molar-refractivity contribution in [2.45, 2.75) is 24.9 Å². The molecule has 1 fully saturated rings. The first-order chi connectivity index (χ1) is 12.8. The van der Waals surface area contributed by atoms with Gasteiger partial charge in [0.15, 0.2) is 11.4 Å². The van der Waals surface area contributed by atoms with Crippen molar-refractivity contribution in [3.8, 4) is 0 Å². The second-order valence-corrected chi connectivity index (χ2v) is 7.98. The molecule has 27 heavy (non-hydrogen) atoms. The van der Waals surface area contributed by atoms with E-state index in [0.717, 1.165) is 16.7 Å². The number of amides is 1. The molecule has 1 amide bonds. The first-order valence-corrected chi connectivity index (χ1v) is 9.96. The van der Waals surface area contributed by atoms with Crippen molar-refractivity contribution in [3.05, 3.63) is 50.8 Å². The minimum absolute atomic E-state index is 0.195. The number of halogens is 4. The Balaban J connectivity index is 1.56. The fourth-order valence-corrected chi connectivity index (χ4v) is 4.73. The summed E-state index contributed by atoms with van der Waals surface area (Å²) >= 11 is 4.42. The van der Waals surface area contributed by atoms with Crippen LogP contribution in [-0.2, 0) is 6.18 Å². The number of aromatic nitrogens is 3. The van der Waals surface area contributed by atoms with Crippen LogP contribution in [0.25, 0.3) is 5.65 Å². The first kappa shape index (κ1) is 18.4. The summed E-state index contributed by atoms with van der Waals surface area (Å²) in [6.07, 6.45) is -1.22. The van der Waals surface area contributed by atoms with E-state index in [1.807, 2.05) is 12.1 Å². The van der Waals surface area contributed by atoms with Gasteiger partial charge < -0.3 is 4.90 Å². The zero-order valence-corrected chi connectivity index (χ0v) is 16.3. The van der Waals surface area contributed by atoms with Gasteiger partial charge in [-0.25, -0.2) is 9.97 Å². The number of hydrogen-bond donors (Lipinski definition) is 0. The first-order valence-electron chi connectivity index (χ1n) is 8.29. The summed E-state index contributed by atoms with van der Waals surface area (Å²) in [6, 6.07) is 5.47. The summed E-state index contributed by atoms with van der Waals surface area (Å²) in [5, 5.41) is 1.46. The summed E-state index contributed by atoms with van der Waals surface area (Å²) in [6.45, 7) is 0.886. The minimum Gasteiger partial charge on any atom is -0.337 e. The Morgan fingerprint density at radius 3 is 2.81 bits per heavy atom. The summed E-state index contributed by atoms with van der Waals surface area (Å²) in [5.41, 5.74) is 0.0852. The Labute approximate surface area is 165 Å². The lowest BCUT2D eigenvalue weighted by atomic mass is 9.98. The molecular weight excluding hydrogens is 445 g/mol. The summed E-state index contributed by atoms with van der Waals surface area (Å²) < 4.78 is 40.8. The highest BCUT2D eigenvalue weighted by Gasteiger charge is 2.36. The van der Waals surface area contributed by atoms with Crippen LogP contribution in [0.1, 0.15) is 39.9 Å². The highest BCUT2D eigenvalue weighted by molar-refractivity contribution is 9.10. The minimum atomic E-state index is -4.44. The average molecular weight is 459 g/mol. The van der Waals surface area contributed by atoms with Crippen LogP contribution in [0, 0.1) is 0 Å².